The molecule has 0 spiro atoms. The third-order valence-corrected chi connectivity index (χ3v) is 2.31. The number of carbonyl (C=O) groups excluding carboxylic acids is 2. The summed E-state index contributed by atoms with van der Waals surface area (Å²) in [4.78, 5) is 22.0. The summed E-state index contributed by atoms with van der Waals surface area (Å²) >= 11 is 0. The predicted octanol–water partition coefficient (Wildman–Crippen LogP) is 0.962. The van der Waals surface area contributed by atoms with Crippen molar-refractivity contribution in [3.05, 3.63) is 0 Å². The van der Waals surface area contributed by atoms with Gasteiger partial charge < -0.3 is 5.32 Å². The molecule has 4 heteroatoms. The maximum Gasteiger partial charge on any atom is 0.220 e. The third-order valence-electron chi connectivity index (χ3n) is 1.43. The van der Waals surface area contributed by atoms with Crippen molar-refractivity contribution in [2.24, 2.45) is 0 Å². The molecule has 0 aliphatic carbocycles. The number of carbonyl (C=O) groups is 2. The van der Waals surface area contributed by atoms with Gasteiger partial charge in [0.05, 0.1) is 0 Å². The predicted molar refractivity (Wildman–Crippen MR) is 59.4 cm³/mol. The average Bonchev–Trinajstić information content (AvgIpc) is 2.09. The van der Waals surface area contributed by atoms with Crippen LogP contribution in [0.5, 0.6) is 0 Å². The molecule has 0 aromatic rings. The number of hydrogen-bond acceptors (Lipinski definition) is 2. The van der Waals surface area contributed by atoms with Crippen molar-refractivity contribution < 1.29 is 9.59 Å². The second-order valence-corrected chi connectivity index (χ2v) is 8.85. The molecule has 78 valence electrons. The maximum absolute atomic E-state index is 11.2. The lowest BCUT2D eigenvalue weighted by atomic mass is 10.2. The molecule has 0 aromatic carbocycles. The molecule has 0 aliphatic heterocycles. The highest BCUT2D eigenvalue weighted by atomic mass is 28.3. The van der Waals surface area contributed by atoms with Crippen LogP contribution in [0, 0.1) is 11.5 Å². The van der Waals surface area contributed by atoms with Crippen molar-refractivity contribution in [3.63, 3.8) is 0 Å². The van der Waals surface area contributed by atoms with Gasteiger partial charge in [-0.3, -0.25) is 9.59 Å². The first kappa shape index (κ1) is 12.9. The molecule has 0 heterocycles. The van der Waals surface area contributed by atoms with Crippen molar-refractivity contribution in [1.29, 1.82) is 0 Å². The summed E-state index contributed by atoms with van der Waals surface area (Å²) in [6.07, 6.45) is 0.451. The number of ketones is 1. The fraction of sp³-hybridized carbons (Fsp3) is 0.600. The number of amides is 1. The highest BCUT2D eigenvalue weighted by molar-refractivity contribution is 6.84. The molecule has 14 heavy (non-hydrogen) atoms. The van der Waals surface area contributed by atoms with Crippen LogP contribution in [0.2, 0.25) is 19.6 Å². The molecule has 0 unspecified atom stereocenters. The van der Waals surface area contributed by atoms with E-state index in [1.165, 1.54) is 0 Å². The minimum Gasteiger partial charge on any atom is -0.359 e. The molecule has 0 aromatic heterocycles. The molecule has 0 saturated heterocycles. The molecule has 0 aliphatic rings. The first-order chi connectivity index (χ1) is 6.35. The van der Waals surface area contributed by atoms with Crippen molar-refractivity contribution in [1.82, 2.24) is 5.32 Å². The first-order valence-corrected chi connectivity index (χ1v) is 8.12. The van der Waals surface area contributed by atoms with E-state index in [0.717, 1.165) is 0 Å². The Bertz CT molecular complexity index is 281. The molecule has 0 rings (SSSR count). The Labute approximate surface area is 86.3 Å². The highest BCUT2D eigenvalue weighted by Gasteiger charge is 2.09. The fourth-order valence-electron chi connectivity index (χ4n) is 0.672. The normalized spacial score (nSPS) is 10.0. The van der Waals surface area contributed by atoms with Crippen LogP contribution in [0.15, 0.2) is 0 Å². The Hall–Kier alpha value is -1.08. The lowest BCUT2D eigenvalue weighted by Gasteiger charge is -2.02. The van der Waals surface area contributed by atoms with Crippen LogP contribution >= 0.6 is 0 Å². The Morgan fingerprint density at radius 1 is 1.21 bits per heavy atom. The van der Waals surface area contributed by atoms with Crippen molar-refractivity contribution in [2.75, 3.05) is 7.05 Å². The molecule has 0 saturated carbocycles. The molecular weight excluding hydrogens is 194 g/mol. The molecular formula is C10H17NO2Si. The fourth-order valence-corrected chi connectivity index (χ4v) is 1.19. The van der Waals surface area contributed by atoms with Gasteiger partial charge in [-0.05, 0) is 5.92 Å². The van der Waals surface area contributed by atoms with Gasteiger partial charge in [0.2, 0.25) is 11.7 Å². The Morgan fingerprint density at radius 3 is 2.21 bits per heavy atom. The van der Waals surface area contributed by atoms with Crippen LogP contribution in [-0.2, 0) is 9.59 Å². The molecule has 0 atom stereocenters. The third kappa shape index (κ3) is 7.56. The number of hydrogen-bond donors (Lipinski definition) is 1. The van der Waals surface area contributed by atoms with Gasteiger partial charge in [0, 0.05) is 19.9 Å². The Kier molecular flexibility index (Phi) is 5.17. The van der Waals surface area contributed by atoms with E-state index < -0.39 is 8.07 Å². The number of nitrogens with one attached hydrogen (secondary N) is 1. The van der Waals surface area contributed by atoms with E-state index in [0.29, 0.717) is 0 Å². The standard InChI is InChI=1S/C10H17NO2Si/c1-11-10(13)6-5-9(12)7-8-14(2,3)4/h5-6H2,1-4H3,(H,11,13). The summed E-state index contributed by atoms with van der Waals surface area (Å²) in [6, 6.07) is 0. The van der Waals surface area contributed by atoms with Crippen molar-refractivity contribution in [3.8, 4) is 11.5 Å². The highest BCUT2D eigenvalue weighted by Crippen LogP contribution is 1.97. The van der Waals surface area contributed by atoms with Crippen LogP contribution in [-0.4, -0.2) is 26.8 Å². The summed E-state index contributed by atoms with van der Waals surface area (Å²) < 4.78 is 0. The summed E-state index contributed by atoms with van der Waals surface area (Å²) in [6.45, 7) is 6.23. The number of rotatable bonds is 3. The van der Waals surface area contributed by atoms with E-state index in [9.17, 15) is 9.59 Å². The second-order valence-electron chi connectivity index (χ2n) is 4.10. The molecule has 1 N–H and O–H groups in total. The largest absolute Gasteiger partial charge is 0.359 e. The van der Waals surface area contributed by atoms with Gasteiger partial charge in [-0.25, -0.2) is 0 Å². The van der Waals surface area contributed by atoms with E-state index in [1.54, 1.807) is 7.05 Å². The molecule has 0 fully saturated rings. The van der Waals surface area contributed by atoms with Gasteiger partial charge in [-0.2, -0.15) is 0 Å². The van der Waals surface area contributed by atoms with Crippen LogP contribution in [0.25, 0.3) is 0 Å². The van der Waals surface area contributed by atoms with Gasteiger partial charge in [-0.1, -0.05) is 19.6 Å². The van der Waals surface area contributed by atoms with E-state index in [2.05, 4.69) is 36.4 Å². The van der Waals surface area contributed by atoms with Crippen molar-refractivity contribution in [2.45, 2.75) is 32.5 Å². The topological polar surface area (TPSA) is 46.2 Å². The zero-order valence-corrected chi connectivity index (χ0v) is 10.2. The number of Topliss-reactive ketones (excluding diaryl/α,β-unsaturated/α-hetero) is 1. The zero-order valence-electron chi connectivity index (χ0n) is 9.23. The molecule has 3 nitrogen and oxygen atoms in total. The zero-order chi connectivity index (χ0) is 11.2. The first-order valence-electron chi connectivity index (χ1n) is 4.62. The minimum atomic E-state index is -1.47. The van der Waals surface area contributed by atoms with E-state index in [-0.39, 0.29) is 24.5 Å². The van der Waals surface area contributed by atoms with Crippen LogP contribution < -0.4 is 5.32 Å². The van der Waals surface area contributed by atoms with Crippen LogP contribution in [0.4, 0.5) is 0 Å². The maximum atomic E-state index is 11.2. The van der Waals surface area contributed by atoms with E-state index in [1.807, 2.05) is 0 Å². The molecule has 0 radical (unpaired) electrons. The Morgan fingerprint density at radius 2 is 1.79 bits per heavy atom. The Balaban J connectivity index is 3.98. The molecule has 0 bridgehead atoms. The van der Waals surface area contributed by atoms with E-state index in [4.69, 9.17) is 0 Å². The van der Waals surface area contributed by atoms with Gasteiger partial charge >= 0.3 is 0 Å². The lowest BCUT2D eigenvalue weighted by molar-refractivity contribution is -0.123. The SMILES string of the molecule is CNC(=O)CCC(=O)C#C[Si](C)(C)C. The summed E-state index contributed by atoms with van der Waals surface area (Å²) in [5.74, 6) is 2.33. The van der Waals surface area contributed by atoms with Gasteiger partial charge in [0.1, 0.15) is 8.07 Å². The van der Waals surface area contributed by atoms with Crippen LogP contribution in [0.3, 0.4) is 0 Å². The minimum absolute atomic E-state index is 0.117. The summed E-state index contributed by atoms with van der Waals surface area (Å²) in [5.41, 5.74) is 2.97. The monoisotopic (exact) mass is 211 g/mol. The summed E-state index contributed by atoms with van der Waals surface area (Å²) in [5, 5.41) is 2.46. The van der Waals surface area contributed by atoms with Crippen LogP contribution in [0.1, 0.15) is 12.8 Å². The second kappa shape index (κ2) is 5.61. The molecule has 1 amide bonds. The van der Waals surface area contributed by atoms with Crippen molar-refractivity contribution >= 4 is 19.8 Å². The van der Waals surface area contributed by atoms with Gasteiger partial charge in [0.15, 0.2) is 0 Å². The van der Waals surface area contributed by atoms with E-state index >= 15 is 0 Å². The quantitative estimate of drug-likeness (QED) is 0.558. The summed E-state index contributed by atoms with van der Waals surface area (Å²) in [7, 11) is 0.0891. The van der Waals surface area contributed by atoms with Gasteiger partial charge in [0.25, 0.3) is 0 Å². The average molecular weight is 211 g/mol. The van der Waals surface area contributed by atoms with Gasteiger partial charge in [-0.15, -0.1) is 5.54 Å². The lowest BCUT2D eigenvalue weighted by Crippen LogP contribution is -2.19. The smallest absolute Gasteiger partial charge is 0.220 e.